The first-order chi connectivity index (χ1) is 8.72. The SMILES string of the molecule is CCCNC(CC)CN(CCOC)C(C)C1CC1. The van der Waals surface area contributed by atoms with Crippen LogP contribution in [0.1, 0.15) is 46.5 Å². The number of hydrogen-bond donors (Lipinski definition) is 1. The summed E-state index contributed by atoms with van der Waals surface area (Å²) in [5.41, 5.74) is 0. The lowest BCUT2D eigenvalue weighted by molar-refractivity contribution is 0.107. The molecule has 0 bridgehead atoms. The van der Waals surface area contributed by atoms with Gasteiger partial charge in [-0.1, -0.05) is 13.8 Å². The van der Waals surface area contributed by atoms with Gasteiger partial charge < -0.3 is 10.1 Å². The zero-order chi connectivity index (χ0) is 13.4. The van der Waals surface area contributed by atoms with Crippen molar-refractivity contribution in [1.29, 1.82) is 0 Å². The van der Waals surface area contributed by atoms with E-state index in [1.807, 2.05) is 0 Å². The number of methoxy groups -OCH3 is 1. The van der Waals surface area contributed by atoms with Crippen LogP contribution in [-0.2, 0) is 4.74 Å². The Balaban J connectivity index is 2.41. The fourth-order valence-electron chi connectivity index (χ4n) is 2.52. The van der Waals surface area contributed by atoms with Crippen LogP contribution in [0, 0.1) is 5.92 Å². The lowest BCUT2D eigenvalue weighted by atomic mass is 10.1. The van der Waals surface area contributed by atoms with Crippen LogP contribution in [0.2, 0.25) is 0 Å². The first-order valence-electron chi connectivity index (χ1n) is 7.69. The summed E-state index contributed by atoms with van der Waals surface area (Å²) in [4.78, 5) is 2.62. The van der Waals surface area contributed by atoms with E-state index in [-0.39, 0.29) is 0 Å². The molecule has 1 aliphatic carbocycles. The largest absolute Gasteiger partial charge is 0.383 e. The topological polar surface area (TPSA) is 24.5 Å². The van der Waals surface area contributed by atoms with Crippen molar-refractivity contribution in [3.05, 3.63) is 0 Å². The fraction of sp³-hybridized carbons (Fsp3) is 1.00. The maximum atomic E-state index is 5.26. The number of hydrogen-bond acceptors (Lipinski definition) is 3. The second-order valence-corrected chi connectivity index (χ2v) is 5.63. The molecule has 108 valence electrons. The van der Waals surface area contributed by atoms with Crippen molar-refractivity contribution < 1.29 is 4.74 Å². The molecule has 0 aromatic rings. The van der Waals surface area contributed by atoms with Gasteiger partial charge in [-0.05, 0) is 45.1 Å². The van der Waals surface area contributed by atoms with Crippen LogP contribution in [0.5, 0.6) is 0 Å². The summed E-state index contributed by atoms with van der Waals surface area (Å²) in [5.74, 6) is 0.936. The zero-order valence-electron chi connectivity index (χ0n) is 12.7. The van der Waals surface area contributed by atoms with Crippen LogP contribution in [0.15, 0.2) is 0 Å². The van der Waals surface area contributed by atoms with Gasteiger partial charge in [-0.3, -0.25) is 4.90 Å². The molecule has 1 fully saturated rings. The van der Waals surface area contributed by atoms with E-state index in [0.717, 1.165) is 38.2 Å². The lowest BCUT2D eigenvalue weighted by Gasteiger charge is -2.32. The molecule has 0 saturated heterocycles. The Morgan fingerprint density at radius 2 is 2.06 bits per heavy atom. The van der Waals surface area contributed by atoms with Crippen LogP contribution in [0.4, 0.5) is 0 Å². The average Bonchev–Trinajstić information content (AvgIpc) is 3.21. The van der Waals surface area contributed by atoms with Gasteiger partial charge in [0.1, 0.15) is 0 Å². The second-order valence-electron chi connectivity index (χ2n) is 5.63. The molecule has 3 heteroatoms. The normalized spacial score (nSPS) is 19.2. The first-order valence-corrected chi connectivity index (χ1v) is 7.69. The number of ether oxygens (including phenoxy) is 1. The van der Waals surface area contributed by atoms with Crippen molar-refractivity contribution >= 4 is 0 Å². The van der Waals surface area contributed by atoms with Crippen molar-refractivity contribution in [2.45, 2.75) is 58.5 Å². The quantitative estimate of drug-likeness (QED) is 0.615. The summed E-state index contributed by atoms with van der Waals surface area (Å²) in [6.07, 6.45) is 5.27. The van der Waals surface area contributed by atoms with E-state index in [0.29, 0.717) is 6.04 Å². The standard InChI is InChI=1S/C15H32N2O/c1-5-9-16-15(6-2)12-17(10-11-18-4)13(3)14-7-8-14/h13-16H,5-12H2,1-4H3. The summed E-state index contributed by atoms with van der Waals surface area (Å²) in [7, 11) is 1.80. The summed E-state index contributed by atoms with van der Waals surface area (Å²) >= 11 is 0. The molecule has 1 rings (SSSR count). The van der Waals surface area contributed by atoms with E-state index in [1.54, 1.807) is 7.11 Å². The average molecular weight is 256 g/mol. The minimum Gasteiger partial charge on any atom is -0.383 e. The molecule has 2 unspecified atom stereocenters. The Morgan fingerprint density at radius 3 is 2.56 bits per heavy atom. The Hall–Kier alpha value is -0.120. The zero-order valence-corrected chi connectivity index (χ0v) is 12.7. The minimum atomic E-state index is 0.628. The summed E-state index contributed by atoms with van der Waals surface area (Å²) in [6.45, 7) is 11.1. The van der Waals surface area contributed by atoms with Crippen molar-refractivity contribution in [3.8, 4) is 0 Å². The van der Waals surface area contributed by atoms with Gasteiger partial charge in [0.2, 0.25) is 0 Å². The third-order valence-electron chi connectivity index (χ3n) is 4.09. The van der Waals surface area contributed by atoms with E-state index in [4.69, 9.17) is 4.74 Å². The summed E-state index contributed by atoms with van der Waals surface area (Å²) < 4.78 is 5.26. The van der Waals surface area contributed by atoms with Gasteiger partial charge in [0.15, 0.2) is 0 Å². The Bertz CT molecular complexity index is 207. The summed E-state index contributed by atoms with van der Waals surface area (Å²) in [6, 6.07) is 1.35. The predicted molar refractivity (Wildman–Crippen MR) is 78.0 cm³/mol. The molecule has 0 spiro atoms. The molecule has 0 amide bonds. The number of nitrogens with one attached hydrogen (secondary N) is 1. The van der Waals surface area contributed by atoms with E-state index >= 15 is 0 Å². The van der Waals surface area contributed by atoms with Crippen molar-refractivity contribution in [1.82, 2.24) is 10.2 Å². The maximum absolute atomic E-state index is 5.26. The molecule has 2 atom stereocenters. The van der Waals surface area contributed by atoms with Crippen LogP contribution >= 0.6 is 0 Å². The highest BCUT2D eigenvalue weighted by atomic mass is 16.5. The van der Waals surface area contributed by atoms with Crippen LogP contribution < -0.4 is 5.32 Å². The van der Waals surface area contributed by atoms with Gasteiger partial charge in [-0.2, -0.15) is 0 Å². The maximum Gasteiger partial charge on any atom is 0.0589 e. The monoisotopic (exact) mass is 256 g/mol. The van der Waals surface area contributed by atoms with Crippen LogP contribution in [0.25, 0.3) is 0 Å². The molecule has 3 nitrogen and oxygen atoms in total. The molecule has 1 saturated carbocycles. The molecule has 1 N–H and O–H groups in total. The highest BCUT2D eigenvalue weighted by Crippen LogP contribution is 2.35. The van der Waals surface area contributed by atoms with E-state index in [2.05, 4.69) is 31.0 Å². The smallest absolute Gasteiger partial charge is 0.0589 e. The van der Waals surface area contributed by atoms with Gasteiger partial charge in [-0.25, -0.2) is 0 Å². The van der Waals surface area contributed by atoms with Gasteiger partial charge >= 0.3 is 0 Å². The predicted octanol–water partition coefficient (Wildman–Crippen LogP) is 2.51. The number of nitrogens with zero attached hydrogens (tertiary/aromatic N) is 1. The first kappa shape index (κ1) is 15.9. The third-order valence-corrected chi connectivity index (χ3v) is 4.09. The molecule has 0 heterocycles. The van der Waals surface area contributed by atoms with E-state index < -0.39 is 0 Å². The molecule has 0 aliphatic heterocycles. The Labute approximate surface area is 113 Å². The molecular formula is C15H32N2O. The molecule has 0 radical (unpaired) electrons. The Morgan fingerprint density at radius 1 is 1.33 bits per heavy atom. The van der Waals surface area contributed by atoms with Gasteiger partial charge in [0.05, 0.1) is 6.61 Å². The van der Waals surface area contributed by atoms with Crippen LogP contribution in [0.3, 0.4) is 0 Å². The number of rotatable bonds is 11. The van der Waals surface area contributed by atoms with E-state index in [9.17, 15) is 0 Å². The Kier molecular flexibility index (Phi) is 7.87. The molecule has 18 heavy (non-hydrogen) atoms. The fourth-order valence-corrected chi connectivity index (χ4v) is 2.52. The van der Waals surface area contributed by atoms with Crippen molar-refractivity contribution in [2.24, 2.45) is 5.92 Å². The van der Waals surface area contributed by atoms with Gasteiger partial charge in [-0.15, -0.1) is 0 Å². The lowest BCUT2D eigenvalue weighted by Crippen LogP contribution is -2.46. The summed E-state index contributed by atoms with van der Waals surface area (Å²) in [5, 5.41) is 3.66. The highest BCUT2D eigenvalue weighted by molar-refractivity contribution is 4.87. The minimum absolute atomic E-state index is 0.628. The molecule has 1 aliphatic rings. The van der Waals surface area contributed by atoms with Gasteiger partial charge in [0, 0.05) is 32.3 Å². The third kappa shape index (κ3) is 5.68. The van der Waals surface area contributed by atoms with Crippen molar-refractivity contribution in [2.75, 3.05) is 33.4 Å². The molecular weight excluding hydrogens is 224 g/mol. The highest BCUT2D eigenvalue weighted by Gasteiger charge is 2.32. The second kappa shape index (κ2) is 8.89. The van der Waals surface area contributed by atoms with Crippen molar-refractivity contribution in [3.63, 3.8) is 0 Å². The van der Waals surface area contributed by atoms with Crippen LogP contribution in [-0.4, -0.2) is 50.3 Å². The molecule has 0 aromatic heterocycles. The van der Waals surface area contributed by atoms with Gasteiger partial charge in [0.25, 0.3) is 0 Å². The van der Waals surface area contributed by atoms with E-state index in [1.165, 1.54) is 25.7 Å². The molecule has 0 aromatic carbocycles.